The molecule has 14 heavy (non-hydrogen) atoms. The van der Waals surface area contributed by atoms with Gasteiger partial charge in [0.1, 0.15) is 5.60 Å². The second-order valence-electron chi connectivity index (χ2n) is 5.01. The molecule has 0 radical (unpaired) electrons. The van der Waals surface area contributed by atoms with Crippen molar-refractivity contribution >= 4 is 23.2 Å². The number of ether oxygens (including phenoxy) is 1. The molecular weight excluding hydrogens is 198 g/mol. The van der Waals surface area contributed by atoms with E-state index in [0.29, 0.717) is 4.99 Å². The van der Waals surface area contributed by atoms with E-state index in [9.17, 15) is 4.79 Å². The number of carbonyl (C=O) groups is 1. The van der Waals surface area contributed by atoms with Crippen molar-refractivity contribution in [2.24, 2.45) is 11.1 Å². The fourth-order valence-corrected chi connectivity index (χ4v) is 0.898. The summed E-state index contributed by atoms with van der Waals surface area (Å²) in [5.41, 5.74) is 4.58. The first-order chi connectivity index (χ1) is 6.04. The van der Waals surface area contributed by atoms with Gasteiger partial charge in [0.25, 0.3) is 0 Å². The van der Waals surface area contributed by atoms with Crippen molar-refractivity contribution < 1.29 is 9.53 Å². The summed E-state index contributed by atoms with van der Waals surface area (Å²) in [5.74, 6) is -0.268. The van der Waals surface area contributed by atoms with Crippen LogP contribution in [0.5, 0.6) is 0 Å². The van der Waals surface area contributed by atoms with Crippen LogP contribution < -0.4 is 5.73 Å². The Labute approximate surface area is 91.0 Å². The molecule has 0 aliphatic carbocycles. The third-order valence-electron chi connectivity index (χ3n) is 1.67. The van der Waals surface area contributed by atoms with E-state index in [1.165, 1.54) is 0 Å². The Balaban J connectivity index is 4.27. The van der Waals surface area contributed by atoms with Gasteiger partial charge in [0.15, 0.2) is 0 Å². The lowest BCUT2D eigenvalue weighted by molar-refractivity contribution is -0.156. The van der Waals surface area contributed by atoms with Crippen LogP contribution in [0.25, 0.3) is 0 Å². The number of hydrogen-bond donors (Lipinski definition) is 1. The van der Waals surface area contributed by atoms with Crippen LogP contribution in [0, 0.1) is 5.41 Å². The SMILES string of the molecule is CC(C)(C)OC(=O)CC(C)(C)C(N)=S. The van der Waals surface area contributed by atoms with Gasteiger partial charge in [-0.1, -0.05) is 26.1 Å². The topological polar surface area (TPSA) is 52.3 Å². The Kier molecular flexibility index (Phi) is 4.06. The average Bonchev–Trinajstić information content (AvgIpc) is 1.79. The highest BCUT2D eigenvalue weighted by atomic mass is 32.1. The van der Waals surface area contributed by atoms with E-state index in [1.807, 2.05) is 34.6 Å². The number of carbonyl (C=O) groups excluding carboxylic acids is 1. The summed E-state index contributed by atoms with van der Waals surface area (Å²) in [6, 6.07) is 0. The van der Waals surface area contributed by atoms with Gasteiger partial charge in [-0.15, -0.1) is 0 Å². The van der Waals surface area contributed by atoms with Crippen LogP contribution in [0.3, 0.4) is 0 Å². The molecule has 4 heteroatoms. The van der Waals surface area contributed by atoms with Gasteiger partial charge in [0, 0.05) is 5.41 Å². The third-order valence-corrected chi connectivity index (χ3v) is 2.23. The van der Waals surface area contributed by atoms with Crippen molar-refractivity contribution in [2.45, 2.75) is 46.6 Å². The second-order valence-corrected chi connectivity index (χ2v) is 5.45. The van der Waals surface area contributed by atoms with E-state index in [0.717, 1.165) is 0 Å². The maximum absolute atomic E-state index is 11.4. The molecule has 0 heterocycles. The van der Waals surface area contributed by atoms with Gasteiger partial charge in [0.05, 0.1) is 11.4 Å². The molecule has 0 fully saturated rings. The molecule has 0 aromatic carbocycles. The molecule has 0 bridgehead atoms. The number of esters is 1. The molecule has 0 rings (SSSR count). The highest BCUT2D eigenvalue weighted by Gasteiger charge is 2.28. The van der Waals surface area contributed by atoms with E-state index in [1.54, 1.807) is 0 Å². The molecule has 0 amide bonds. The minimum Gasteiger partial charge on any atom is -0.460 e. The van der Waals surface area contributed by atoms with Gasteiger partial charge in [-0.2, -0.15) is 0 Å². The first-order valence-corrected chi connectivity index (χ1v) is 4.97. The van der Waals surface area contributed by atoms with Gasteiger partial charge in [-0.3, -0.25) is 4.79 Å². The molecule has 0 aliphatic heterocycles. The largest absolute Gasteiger partial charge is 0.460 e. The molecule has 0 saturated heterocycles. The van der Waals surface area contributed by atoms with Crippen molar-refractivity contribution in [2.75, 3.05) is 0 Å². The molecule has 0 spiro atoms. The van der Waals surface area contributed by atoms with E-state index >= 15 is 0 Å². The zero-order valence-electron chi connectivity index (χ0n) is 9.51. The molecule has 0 unspecified atom stereocenters. The Morgan fingerprint density at radius 1 is 1.29 bits per heavy atom. The standard InChI is InChI=1S/C10H19NO2S/c1-9(2,3)13-7(12)6-10(4,5)8(11)14/h6H2,1-5H3,(H2,11,14). The minimum absolute atomic E-state index is 0.222. The highest BCUT2D eigenvalue weighted by molar-refractivity contribution is 7.80. The van der Waals surface area contributed by atoms with Crippen LogP contribution in [0.4, 0.5) is 0 Å². The summed E-state index contributed by atoms with van der Waals surface area (Å²) in [6.45, 7) is 9.16. The van der Waals surface area contributed by atoms with E-state index in [4.69, 9.17) is 22.7 Å². The predicted octanol–water partition coefficient (Wildman–Crippen LogP) is 2.03. The first kappa shape index (κ1) is 13.4. The maximum atomic E-state index is 11.4. The van der Waals surface area contributed by atoms with Crippen molar-refractivity contribution in [1.82, 2.24) is 0 Å². The summed E-state index contributed by atoms with van der Waals surface area (Å²) in [7, 11) is 0. The zero-order valence-corrected chi connectivity index (χ0v) is 10.3. The molecule has 0 aliphatic rings. The lowest BCUT2D eigenvalue weighted by atomic mass is 9.89. The lowest BCUT2D eigenvalue weighted by Gasteiger charge is -2.25. The van der Waals surface area contributed by atoms with Crippen molar-refractivity contribution in [3.8, 4) is 0 Å². The Bertz CT molecular complexity index is 241. The molecule has 2 N–H and O–H groups in total. The van der Waals surface area contributed by atoms with Gasteiger partial charge < -0.3 is 10.5 Å². The predicted molar refractivity (Wildman–Crippen MR) is 61.0 cm³/mol. The molecule has 0 aromatic rings. The fourth-order valence-electron chi connectivity index (χ4n) is 0.826. The number of nitrogens with two attached hydrogens (primary N) is 1. The third kappa shape index (κ3) is 5.17. The summed E-state index contributed by atoms with van der Waals surface area (Å²) in [4.78, 5) is 11.8. The lowest BCUT2D eigenvalue weighted by Crippen LogP contribution is -2.34. The average molecular weight is 217 g/mol. The molecular formula is C10H19NO2S. The monoisotopic (exact) mass is 217 g/mol. The van der Waals surface area contributed by atoms with Crippen molar-refractivity contribution in [1.29, 1.82) is 0 Å². The molecule has 0 saturated carbocycles. The summed E-state index contributed by atoms with van der Waals surface area (Å²) in [6.07, 6.45) is 0.222. The van der Waals surface area contributed by atoms with Crippen LogP contribution in [0.15, 0.2) is 0 Å². The molecule has 0 atom stereocenters. The summed E-state index contributed by atoms with van der Waals surface area (Å²) >= 11 is 4.86. The Hall–Kier alpha value is -0.640. The molecule has 82 valence electrons. The fraction of sp³-hybridized carbons (Fsp3) is 0.800. The van der Waals surface area contributed by atoms with Gasteiger partial charge in [-0.05, 0) is 20.8 Å². The normalized spacial score (nSPS) is 12.4. The quantitative estimate of drug-likeness (QED) is 0.580. The van der Waals surface area contributed by atoms with Crippen LogP contribution in [-0.2, 0) is 9.53 Å². The molecule has 0 aromatic heterocycles. The summed E-state index contributed by atoms with van der Waals surface area (Å²) in [5, 5.41) is 0. The van der Waals surface area contributed by atoms with E-state index in [-0.39, 0.29) is 12.4 Å². The second kappa shape index (κ2) is 4.26. The number of rotatable bonds is 3. The number of thiocarbonyl (C=S) groups is 1. The van der Waals surface area contributed by atoms with Gasteiger partial charge in [0.2, 0.25) is 0 Å². The van der Waals surface area contributed by atoms with Crippen LogP contribution in [0.1, 0.15) is 41.0 Å². The zero-order chi connectivity index (χ0) is 11.6. The van der Waals surface area contributed by atoms with E-state index < -0.39 is 11.0 Å². The minimum atomic E-state index is -0.475. The highest BCUT2D eigenvalue weighted by Crippen LogP contribution is 2.22. The Morgan fingerprint density at radius 2 is 1.71 bits per heavy atom. The van der Waals surface area contributed by atoms with Crippen molar-refractivity contribution in [3.05, 3.63) is 0 Å². The van der Waals surface area contributed by atoms with Gasteiger partial charge in [-0.25, -0.2) is 0 Å². The Morgan fingerprint density at radius 3 is 2.00 bits per heavy atom. The first-order valence-electron chi connectivity index (χ1n) is 4.56. The molecule has 3 nitrogen and oxygen atoms in total. The summed E-state index contributed by atoms with van der Waals surface area (Å²) < 4.78 is 5.17. The van der Waals surface area contributed by atoms with Crippen LogP contribution >= 0.6 is 12.2 Å². The van der Waals surface area contributed by atoms with E-state index in [2.05, 4.69) is 0 Å². The maximum Gasteiger partial charge on any atom is 0.307 e. The number of hydrogen-bond acceptors (Lipinski definition) is 3. The van der Waals surface area contributed by atoms with Crippen molar-refractivity contribution in [3.63, 3.8) is 0 Å². The van der Waals surface area contributed by atoms with Crippen LogP contribution in [0.2, 0.25) is 0 Å². The van der Waals surface area contributed by atoms with Gasteiger partial charge >= 0.3 is 5.97 Å². The smallest absolute Gasteiger partial charge is 0.307 e. The van der Waals surface area contributed by atoms with Crippen LogP contribution in [-0.4, -0.2) is 16.6 Å².